The highest BCUT2D eigenvalue weighted by molar-refractivity contribution is 7.89. The van der Waals surface area contributed by atoms with Gasteiger partial charge in [-0.2, -0.15) is 13.2 Å². The van der Waals surface area contributed by atoms with E-state index in [0.29, 0.717) is 37.7 Å². The van der Waals surface area contributed by atoms with Crippen LogP contribution in [0.4, 0.5) is 24.7 Å². The van der Waals surface area contributed by atoms with Crippen LogP contribution in [0.25, 0.3) is 0 Å². The average Bonchev–Trinajstić information content (AvgIpc) is 2.59. The van der Waals surface area contributed by atoms with E-state index in [1.807, 2.05) is 17.9 Å². The number of halogens is 3. The third-order valence-corrected chi connectivity index (χ3v) is 5.47. The molecule has 0 spiro atoms. The first-order valence-electron chi connectivity index (χ1n) is 8.51. The van der Waals surface area contributed by atoms with Crippen LogP contribution in [0.15, 0.2) is 29.2 Å². The minimum absolute atomic E-state index is 0.300. The summed E-state index contributed by atoms with van der Waals surface area (Å²) in [5.41, 5.74) is -0.107. The van der Waals surface area contributed by atoms with E-state index in [9.17, 15) is 21.6 Å². The quantitative estimate of drug-likeness (QED) is 0.825. The van der Waals surface area contributed by atoms with Crippen LogP contribution in [-0.2, 0) is 16.2 Å². The molecule has 1 aliphatic rings. The van der Waals surface area contributed by atoms with Gasteiger partial charge in [-0.15, -0.1) is 0 Å². The minimum Gasteiger partial charge on any atom is -0.368 e. The predicted octanol–water partition coefficient (Wildman–Crippen LogP) is 2.09. The van der Waals surface area contributed by atoms with E-state index >= 15 is 0 Å². The Kier molecular flexibility index (Phi) is 5.24. The summed E-state index contributed by atoms with van der Waals surface area (Å²) < 4.78 is 62.9. The first kappa shape index (κ1) is 20.3. The Morgan fingerprint density at radius 3 is 2.14 bits per heavy atom. The van der Waals surface area contributed by atoms with Crippen LogP contribution in [0.3, 0.4) is 0 Å². The summed E-state index contributed by atoms with van der Waals surface area (Å²) in [7, 11) is -4.48. The second-order valence-corrected chi connectivity index (χ2v) is 8.14. The molecule has 1 aliphatic heterocycles. The largest absolute Gasteiger partial charge is 0.417 e. The zero-order valence-corrected chi connectivity index (χ0v) is 16.2. The second-order valence-electron chi connectivity index (χ2n) is 6.61. The number of aromatic nitrogens is 2. The van der Waals surface area contributed by atoms with E-state index in [4.69, 9.17) is 5.14 Å². The van der Waals surface area contributed by atoms with Crippen LogP contribution in [-0.4, -0.2) is 44.6 Å². The summed E-state index contributed by atoms with van der Waals surface area (Å²) in [4.78, 5) is 11.5. The number of aryl methyl sites for hydroxylation is 2. The van der Waals surface area contributed by atoms with Gasteiger partial charge in [0.1, 0.15) is 11.6 Å². The number of piperazine rings is 1. The summed E-state index contributed by atoms with van der Waals surface area (Å²) in [6.07, 6.45) is -4.82. The fourth-order valence-corrected chi connectivity index (χ4v) is 3.98. The molecule has 0 aliphatic carbocycles. The number of sulfonamides is 1. The van der Waals surface area contributed by atoms with Crippen molar-refractivity contribution in [2.75, 3.05) is 36.0 Å². The summed E-state index contributed by atoms with van der Waals surface area (Å²) in [6.45, 7) is 5.74. The lowest BCUT2D eigenvalue weighted by Crippen LogP contribution is -2.47. The van der Waals surface area contributed by atoms with Crippen LogP contribution < -0.4 is 14.9 Å². The van der Waals surface area contributed by atoms with Crippen LogP contribution in [0.2, 0.25) is 0 Å². The smallest absolute Gasteiger partial charge is 0.368 e. The number of hydrogen-bond acceptors (Lipinski definition) is 6. The fraction of sp³-hybridized carbons (Fsp3) is 0.412. The van der Waals surface area contributed by atoms with Crippen LogP contribution in [0.1, 0.15) is 17.1 Å². The molecule has 2 N–H and O–H groups in total. The number of nitrogens with zero attached hydrogens (tertiary/aromatic N) is 4. The number of hydrogen-bond donors (Lipinski definition) is 1. The van der Waals surface area contributed by atoms with Crippen molar-refractivity contribution in [3.8, 4) is 0 Å². The highest BCUT2D eigenvalue weighted by Crippen LogP contribution is 2.36. The van der Waals surface area contributed by atoms with Gasteiger partial charge in [-0.25, -0.2) is 23.5 Å². The third kappa shape index (κ3) is 4.36. The van der Waals surface area contributed by atoms with Crippen molar-refractivity contribution >= 4 is 21.5 Å². The van der Waals surface area contributed by atoms with E-state index in [0.717, 1.165) is 23.6 Å². The molecular weight excluding hydrogens is 395 g/mol. The normalized spacial score (nSPS) is 15.8. The summed E-state index contributed by atoms with van der Waals surface area (Å²) in [5.74, 6) is 1.44. The molecule has 28 heavy (non-hydrogen) atoms. The van der Waals surface area contributed by atoms with E-state index in [1.165, 1.54) is 6.07 Å². The molecule has 7 nitrogen and oxygen atoms in total. The first-order chi connectivity index (χ1) is 12.9. The average molecular weight is 415 g/mol. The SMILES string of the molecule is Cc1cc(N2CCN(c3ccc(S(N)(=O)=O)c(C(F)(F)F)c3)CC2)nc(C)n1. The molecule has 11 heteroatoms. The molecule has 1 fully saturated rings. The van der Waals surface area contributed by atoms with Crippen molar-refractivity contribution in [3.05, 3.63) is 41.3 Å². The summed E-state index contributed by atoms with van der Waals surface area (Å²) in [5, 5.41) is 4.93. The van der Waals surface area contributed by atoms with Gasteiger partial charge in [0.15, 0.2) is 0 Å². The molecule has 3 rings (SSSR count). The molecular formula is C17H20F3N5O2S. The Balaban J connectivity index is 1.82. The Labute approximate surface area is 161 Å². The molecule has 1 aromatic heterocycles. The van der Waals surface area contributed by atoms with Gasteiger partial charge in [0, 0.05) is 43.6 Å². The zero-order valence-electron chi connectivity index (χ0n) is 15.4. The summed E-state index contributed by atoms with van der Waals surface area (Å²) >= 11 is 0. The molecule has 1 saturated heterocycles. The van der Waals surface area contributed by atoms with Gasteiger partial charge in [-0.1, -0.05) is 0 Å². The molecule has 2 aromatic rings. The van der Waals surface area contributed by atoms with Crippen LogP contribution in [0.5, 0.6) is 0 Å². The van der Waals surface area contributed by atoms with Crippen molar-refractivity contribution in [1.82, 2.24) is 9.97 Å². The topological polar surface area (TPSA) is 92.4 Å². The third-order valence-electron chi connectivity index (χ3n) is 4.50. The Morgan fingerprint density at radius 2 is 1.61 bits per heavy atom. The number of alkyl halides is 3. The molecule has 152 valence electrons. The standard InChI is InChI=1S/C17H20F3N5O2S/c1-11-9-16(23-12(2)22-11)25-7-5-24(6-8-25)13-3-4-15(28(21,26)27)14(10-13)17(18,19)20/h3-4,9-10H,5-8H2,1-2H3,(H2,21,26,27). The van der Waals surface area contributed by atoms with E-state index in [-0.39, 0.29) is 0 Å². The predicted molar refractivity (Wildman–Crippen MR) is 98.7 cm³/mol. The zero-order chi connectivity index (χ0) is 20.7. The monoisotopic (exact) mass is 415 g/mol. The van der Waals surface area contributed by atoms with E-state index in [2.05, 4.69) is 9.97 Å². The number of primary sulfonamides is 1. The van der Waals surface area contributed by atoms with Crippen molar-refractivity contribution in [1.29, 1.82) is 0 Å². The van der Waals surface area contributed by atoms with Crippen LogP contribution in [0, 0.1) is 13.8 Å². The maximum absolute atomic E-state index is 13.3. The Morgan fingerprint density at radius 1 is 1.00 bits per heavy atom. The highest BCUT2D eigenvalue weighted by atomic mass is 32.2. The lowest BCUT2D eigenvalue weighted by atomic mass is 10.1. The van der Waals surface area contributed by atoms with Crippen LogP contribution >= 0.6 is 0 Å². The number of anilines is 2. The number of nitrogens with two attached hydrogens (primary N) is 1. The molecule has 0 atom stereocenters. The maximum atomic E-state index is 13.3. The van der Waals surface area contributed by atoms with Crippen molar-refractivity contribution in [2.45, 2.75) is 24.9 Å². The lowest BCUT2D eigenvalue weighted by molar-refractivity contribution is -0.139. The van der Waals surface area contributed by atoms with Gasteiger partial charge in [0.05, 0.1) is 10.5 Å². The van der Waals surface area contributed by atoms with E-state index < -0.39 is 26.7 Å². The van der Waals surface area contributed by atoms with Gasteiger partial charge in [-0.3, -0.25) is 0 Å². The number of benzene rings is 1. The minimum atomic E-state index is -4.82. The first-order valence-corrected chi connectivity index (χ1v) is 10.1. The summed E-state index contributed by atoms with van der Waals surface area (Å²) in [6, 6.07) is 4.97. The lowest BCUT2D eigenvalue weighted by Gasteiger charge is -2.37. The molecule has 2 heterocycles. The molecule has 0 bridgehead atoms. The fourth-order valence-electron chi connectivity index (χ4n) is 3.24. The van der Waals surface area contributed by atoms with Gasteiger partial charge in [0.25, 0.3) is 0 Å². The van der Waals surface area contributed by atoms with Gasteiger partial charge < -0.3 is 9.80 Å². The van der Waals surface area contributed by atoms with Crippen molar-refractivity contribution < 1.29 is 21.6 Å². The van der Waals surface area contributed by atoms with E-state index in [1.54, 1.807) is 11.8 Å². The second kappa shape index (κ2) is 7.21. The maximum Gasteiger partial charge on any atom is 0.417 e. The molecule has 0 radical (unpaired) electrons. The molecule has 1 aromatic carbocycles. The van der Waals surface area contributed by atoms with Gasteiger partial charge in [0.2, 0.25) is 10.0 Å². The highest BCUT2D eigenvalue weighted by Gasteiger charge is 2.37. The molecule has 0 saturated carbocycles. The molecule has 0 unspecified atom stereocenters. The number of rotatable bonds is 3. The van der Waals surface area contributed by atoms with Gasteiger partial charge in [-0.05, 0) is 32.0 Å². The molecule has 0 amide bonds. The Hall–Kier alpha value is -2.40. The van der Waals surface area contributed by atoms with Gasteiger partial charge >= 0.3 is 6.18 Å². The Bertz CT molecular complexity index is 967. The van der Waals surface area contributed by atoms with Crippen molar-refractivity contribution in [2.24, 2.45) is 5.14 Å². The van der Waals surface area contributed by atoms with Crippen molar-refractivity contribution in [3.63, 3.8) is 0 Å².